The predicted molar refractivity (Wildman–Crippen MR) is 108 cm³/mol. The summed E-state index contributed by atoms with van der Waals surface area (Å²) in [5.41, 5.74) is 3.63. The van der Waals surface area contributed by atoms with Gasteiger partial charge >= 0.3 is 0 Å². The Morgan fingerprint density at radius 2 is 1.89 bits per heavy atom. The van der Waals surface area contributed by atoms with E-state index in [1.807, 2.05) is 19.2 Å². The first-order chi connectivity index (χ1) is 13.1. The van der Waals surface area contributed by atoms with Crippen LogP contribution in [0, 0.1) is 13.8 Å². The summed E-state index contributed by atoms with van der Waals surface area (Å²) in [4.78, 5) is 21.4. The predicted octanol–water partition coefficient (Wildman–Crippen LogP) is 2.58. The highest BCUT2D eigenvalue weighted by Crippen LogP contribution is 2.33. The minimum absolute atomic E-state index is 0.397. The molecule has 2 fully saturated rings. The van der Waals surface area contributed by atoms with E-state index < -0.39 is 0 Å². The molecule has 1 unspecified atom stereocenters. The van der Waals surface area contributed by atoms with E-state index in [-0.39, 0.29) is 0 Å². The van der Waals surface area contributed by atoms with Crippen LogP contribution in [-0.4, -0.2) is 64.5 Å². The van der Waals surface area contributed by atoms with E-state index in [2.05, 4.69) is 45.8 Å². The van der Waals surface area contributed by atoms with E-state index in [0.29, 0.717) is 6.04 Å². The number of nitrogens with zero attached hydrogens (tertiary/aromatic N) is 6. The molecule has 2 aromatic heterocycles. The molecule has 0 amide bonds. The zero-order chi connectivity index (χ0) is 18.8. The van der Waals surface area contributed by atoms with Crippen molar-refractivity contribution in [3.63, 3.8) is 0 Å². The summed E-state index contributed by atoms with van der Waals surface area (Å²) in [6, 6.07) is 6.78. The Hall–Kier alpha value is -2.05. The molecule has 2 aromatic rings. The van der Waals surface area contributed by atoms with Crippen LogP contribution in [0.3, 0.4) is 0 Å². The van der Waals surface area contributed by atoms with Crippen molar-refractivity contribution < 1.29 is 0 Å². The van der Waals surface area contributed by atoms with Gasteiger partial charge in [0.15, 0.2) is 0 Å². The third-order valence-corrected chi connectivity index (χ3v) is 5.80. The molecule has 6 heteroatoms. The van der Waals surface area contributed by atoms with Crippen LogP contribution in [0.4, 0.5) is 5.82 Å². The Balaban J connectivity index is 1.53. The minimum atomic E-state index is 0.397. The SMILES string of the molecule is Cc1nc(CN2CCCC2c2ncccc2C)cc(N2CCN(C)CC2)n1. The molecule has 0 radical (unpaired) electrons. The number of aromatic nitrogens is 3. The van der Waals surface area contributed by atoms with Gasteiger partial charge in [0.1, 0.15) is 11.6 Å². The lowest BCUT2D eigenvalue weighted by molar-refractivity contribution is 0.240. The number of hydrogen-bond acceptors (Lipinski definition) is 6. The number of hydrogen-bond donors (Lipinski definition) is 0. The second-order valence-electron chi connectivity index (χ2n) is 7.89. The molecule has 0 saturated carbocycles. The van der Waals surface area contributed by atoms with Gasteiger partial charge in [0, 0.05) is 45.0 Å². The van der Waals surface area contributed by atoms with E-state index in [1.54, 1.807) is 0 Å². The fraction of sp³-hybridized carbons (Fsp3) is 0.571. The molecule has 2 aliphatic rings. The Bertz CT molecular complexity index is 784. The molecule has 1 atom stereocenters. The monoisotopic (exact) mass is 366 g/mol. The number of likely N-dealkylation sites (tertiary alicyclic amines) is 1. The van der Waals surface area contributed by atoms with Gasteiger partial charge < -0.3 is 9.80 Å². The number of aryl methyl sites for hydroxylation is 2. The van der Waals surface area contributed by atoms with Crippen molar-refractivity contribution in [2.24, 2.45) is 0 Å². The van der Waals surface area contributed by atoms with Crippen LogP contribution in [-0.2, 0) is 6.54 Å². The van der Waals surface area contributed by atoms with Gasteiger partial charge in [-0.2, -0.15) is 0 Å². The number of rotatable bonds is 4. The Morgan fingerprint density at radius 1 is 1.07 bits per heavy atom. The zero-order valence-electron chi connectivity index (χ0n) is 16.7. The average molecular weight is 367 g/mol. The molecular weight excluding hydrogens is 336 g/mol. The number of anilines is 1. The minimum Gasteiger partial charge on any atom is -0.354 e. The van der Waals surface area contributed by atoms with Crippen molar-refractivity contribution in [2.45, 2.75) is 39.3 Å². The molecule has 0 aliphatic carbocycles. The van der Waals surface area contributed by atoms with E-state index in [9.17, 15) is 0 Å². The fourth-order valence-corrected chi connectivity index (χ4v) is 4.27. The summed E-state index contributed by atoms with van der Waals surface area (Å²) in [5, 5.41) is 0. The van der Waals surface area contributed by atoms with Crippen LogP contribution in [0.1, 0.15) is 41.7 Å². The van der Waals surface area contributed by atoms with Crippen LogP contribution in [0.5, 0.6) is 0 Å². The molecule has 4 rings (SSSR count). The van der Waals surface area contributed by atoms with Crippen LogP contribution < -0.4 is 4.90 Å². The maximum Gasteiger partial charge on any atom is 0.132 e. The van der Waals surface area contributed by atoms with Crippen LogP contribution in [0.2, 0.25) is 0 Å². The Labute approximate surface area is 162 Å². The fourth-order valence-electron chi connectivity index (χ4n) is 4.27. The van der Waals surface area contributed by atoms with Crippen molar-refractivity contribution in [3.05, 3.63) is 47.2 Å². The number of pyridine rings is 1. The standard InChI is InChI=1S/C21H30N6/c1-16-6-4-8-22-21(16)19-7-5-9-27(19)15-18-14-20(24-17(2)23-18)26-12-10-25(3)11-13-26/h4,6,8,14,19H,5,7,9-13,15H2,1-3H3. The second kappa shape index (κ2) is 7.90. The van der Waals surface area contributed by atoms with Crippen molar-refractivity contribution in [1.29, 1.82) is 0 Å². The highest BCUT2D eigenvalue weighted by Gasteiger charge is 2.28. The van der Waals surface area contributed by atoms with Gasteiger partial charge in [0.25, 0.3) is 0 Å². The van der Waals surface area contributed by atoms with Gasteiger partial charge in [0.05, 0.1) is 17.4 Å². The van der Waals surface area contributed by atoms with E-state index in [4.69, 9.17) is 9.97 Å². The van der Waals surface area contributed by atoms with Gasteiger partial charge in [-0.25, -0.2) is 9.97 Å². The number of likely N-dealkylation sites (N-methyl/N-ethyl adjacent to an activating group) is 1. The molecule has 144 valence electrons. The first-order valence-electron chi connectivity index (χ1n) is 10.0. The number of piperazine rings is 1. The molecule has 0 aromatic carbocycles. The molecule has 6 nitrogen and oxygen atoms in total. The van der Waals surface area contributed by atoms with E-state index >= 15 is 0 Å². The van der Waals surface area contributed by atoms with Crippen molar-refractivity contribution in [1.82, 2.24) is 24.8 Å². The lowest BCUT2D eigenvalue weighted by Gasteiger charge is -2.33. The smallest absolute Gasteiger partial charge is 0.132 e. The van der Waals surface area contributed by atoms with Crippen LogP contribution in [0.25, 0.3) is 0 Å². The topological polar surface area (TPSA) is 48.4 Å². The molecule has 27 heavy (non-hydrogen) atoms. The van der Waals surface area contributed by atoms with Crippen molar-refractivity contribution in [3.8, 4) is 0 Å². The molecule has 4 heterocycles. The summed E-state index contributed by atoms with van der Waals surface area (Å²) < 4.78 is 0. The third kappa shape index (κ3) is 4.12. The molecule has 2 saturated heterocycles. The van der Waals surface area contributed by atoms with Gasteiger partial charge in [0.2, 0.25) is 0 Å². The summed E-state index contributed by atoms with van der Waals surface area (Å²) in [6.07, 6.45) is 4.31. The van der Waals surface area contributed by atoms with Crippen molar-refractivity contribution >= 4 is 5.82 Å². The molecular formula is C21H30N6. The van der Waals surface area contributed by atoms with E-state index in [0.717, 1.165) is 56.6 Å². The third-order valence-electron chi connectivity index (χ3n) is 5.80. The summed E-state index contributed by atoms with van der Waals surface area (Å²) >= 11 is 0. The van der Waals surface area contributed by atoms with Crippen LogP contribution >= 0.6 is 0 Å². The maximum absolute atomic E-state index is 4.75. The summed E-state index contributed by atoms with van der Waals surface area (Å²) in [7, 11) is 2.18. The first-order valence-corrected chi connectivity index (χ1v) is 10.0. The largest absolute Gasteiger partial charge is 0.354 e. The molecule has 0 bridgehead atoms. The van der Waals surface area contributed by atoms with Gasteiger partial charge in [-0.05, 0) is 51.9 Å². The zero-order valence-corrected chi connectivity index (χ0v) is 16.7. The molecule has 0 spiro atoms. The van der Waals surface area contributed by atoms with Crippen molar-refractivity contribution in [2.75, 3.05) is 44.7 Å². The van der Waals surface area contributed by atoms with Gasteiger partial charge in [-0.15, -0.1) is 0 Å². The summed E-state index contributed by atoms with van der Waals surface area (Å²) in [6.45, 7) is 10.4. The highest BCUT2D eigenvalue weighted by atomic mass is 15.3. The maximum atomic E-state index is 4.75. The highest BCUT2D eigenvalue weighted by molar-refractivity contribution is 5.40. The lowest BCUT2D eigenvalue weighted by Crippen LogP contribution is -2.45. The van der Waals surface area contributed by atoms with Crippen LogP contribution in [0.15, 0.2) is 24.4 Å². The van der Waals surface area contributed by atoms with Gasteiger partial charge in [-0.1, -0.05) is 6.07 Å². The summed E-state index contributed by atoms with van der Waals surface area (Å²) in [5.74, 6) is 1.95. The molecule has 2 aliphatic heterocycles. The Morgan fingerprint density at radius 3 is 2.67 bits per heavy atom. The van der Waals surface area contributed by atoms with Gasteiger partial charge in [-0.3, -0.25) is 9.88 Å². The molecule has 0 N–H and O–H groups in total. The van der Waals surface area contributed by atoms with E-state index in [1.165, 1.54) is 24.1 Å². The Kier molecular flexibility index (Phi) is 5.36. The quantitative estimate of drug-likeness (QED) is 0.829. The average Bonchev–Trinajstić information content (AvgIpc) is 3.10. The first kappa shape index (κ1) is 18.3. The lowest BCUT2D eigenvalue weighted by atomic mass is 10.1. The normalized spacial score (nSPS) is 21.7. The second-order valence-corrected chi connectivity index (χ2v) is 7.89.